The molecule has 2 nitrogen and oxygen atoms in total. The van der Waals surface area contributed by atoms with Crippen molar-refractivity contribution in [2.45, 2.75) is 63.8 Å². The van der Waals surface area contributed by atoms with Crippen LogP contribution in [0.15, 0.2) is 60.7 Å². The Morgan fingerprint density at radius 3 is 2.31 bits per heavy atom. The summed E-state index contributed by atoms with van der Waals surface area (Å²) in [6, 6.07) is 20.0. The molecule has 1 atom stereocenters. The highest BCUT2D eigenvalue weighted by molar-refractivity contribution is 5.65. The van der Waals surface area contributed by atoms with E-state index in [1.54, 1.807) is 0 Å². The standard InChI is InChI=1S/C27H37NO/c1(2-4-6-11-22-29-23-27-16-12-21-28-27)3-5-8-13-24-17-19-26(20-18-24)25-14-9-7-10-15-25/h7-10,13-15,17-20,27-28H,1-6,11-12,16,21-23H2/b13-8+/t27-/m0/s1. The van der Waals surface area contributed by atoms with Gasteiger partial charge in [-0.05, 0) is 55.3 Å². The highest BCUT2D eigenvalue weighted by atomic mass is 16.5. The predicted molar refractivity (Wildman–Crippen MR) is 125 cm³/mol. The van der Waals surface area contributed by atoms with Crippen LogP contribution in [0.25, 0.3) is 17.2 Å². The van der Waals surface area contributed by atoms with E-state index in [9.17, 15) is 0 Å². The molecule has 1 fully saturated rings. The highest BCUT2D eigenvalue weighted by Gasteiger charge is 2.13. The summed E-state index contributed by atoms with van der Waals surface area (Å²) in [5.74, 6) is 0. The maximum atomic E-state index is 5.78. The first kappa shape index (κ1) is 21.8. The minimum atomic E-state index is 0.616. The molecule has 3 rings (SSSR count). The lowest BCUT2D eigenvalue weighted by atomic mass is 10.0. The normalized spacial score (nSPS) is 16.6. The van der Waals surface area contributed by atoms with Crippen molar-refractivity contribution in [3.63, 3.8) is 0 Å². The summed E-state index contributed by atoms with van der Waals surface area (Å²) in [5, 5.41) is 3.48. The van der Waals surface area contributed by atoms with E-state index in [1.807, 2.05) is 0 Å². The third kappa shape index (κ3) is 8.55. The SMILES string of the molecule is C(=C\c1ccc(-c2ccccc2)cc1)/CCCCCCCCOC[C@@H]1CCCN1. The molecule has 0 amide bonds. The zero-order chi connectivity index (χ0) is 20.0. The molecule has 0 spiro atoms. The zero-order valence-corrected chi connectivity index (χ0v) is 17.8. The van der Waals surface area contributed by atoms with Crippen LogP contribution in [0.1, 0.15) is 63.4 Å². The fourth-order valence-corrected chi connectivity index (χ4v) is 3.93. The molecular weight excluding hydrogens is 354 g/mol. The van der Waals surface area contributed by atoms with E-state index in [-0.39, 0.29) is 0 Å². The van der Waals surface area contributed by atoms with Crippen LogP contribution >= 0.6 is 0 Å². The lowest BCUT2D eigenvalue weighted by Gasteiger charge is -2.10. The molecule has 0 bridgehead atoms. The number of rotatable bonds is 13. The Labute approximate surface area is 177 Å². The second-order valence-corrected chi connectivity index (χ2v) is 8.17. The average Bonchev–Trinajstić information content (AvgIpc) is 3.29. The van der Waals surface area contributed by atoms with Gasteiger partial charge in [0, 0.05) is 12.6 Å². The molecular formula is C27H37NO. The minimum Gasteiger partial charge on any atom is -0.380 e. The summed E-state index contributed by atoms with van der Waals surface area (Å²) in [4.78, 5) is 0. The molecule has 0 aliphatic carbocycles. The van der Waals surface area contributed by atoms with Crippen LogP contribution in [0, 0.1) is 0 Å². The molecule has 2 aromatic carbocycles. The number of hydrogen-bond donors (Lipinski definition) is 1. The lowest BCUT2D eigenvalue weighted by Crippen LogP contribution is -2.26. The minimum absolute atomic E-state index is 0.616. The van der Waals surface area contributed by atoms with Gasteiger partial charge in [-0.3, -0.25) is 0 Å². The first-order valence-corrected chi connectivity index (χ1v) is 11.5. The van der Waals surface area contributed by atoms with Crippen molar-refractivity contribution in [1.82, 2.24) is 5.32 Å². The second kappa shape index (κ2) is 13.3. The van der Waals surface area contributed by atoms with Crippen LogP contribution in [-0.2, 0) is 4.74 Å². The van der Waals surface area contributed by atoms with Gasteiger partial charge in [0.1, 0.15) is 0 Å². The summed E-state index contributed by atoms with van der Waals surface area (Å²) in [6.45, 7) is 3.01. The third-order valence-electron chi connectivity index (χ3n) is 5.72. The summed E-state index contributed by atoms with van der Waals surface area (Å²) in [7, 11) is 0. The van der Waals surface area contributed by atoms with Crippen LogP contribution in [0.3, 0.4) is 0 Å². The van der Waals surface area contributed by atoms with E-state index in [0.29, 0.717) is 6.04 Å². The molecule has 0 saturated carbocycles. The Kier molecular flexibility index (Phi) is 10.0. The fraction of sp³-hybridized carbons (Fsp3) is 0.481. The Balaban J connectivity index is 1.17. The van der Waals surface area contributed by atoms with Gasteiger partial charge >= 0.3 is 0 Å². The molecule has 2 aromatic rings. The quantitative estimate of drug-likeness (QED) is 0.376. The van der Waals surface area contributed by atoms with Gasteiger partial charge in [-0.2, -0.15) is 0 Å². The van der Waals surface area contributed by atoms with Gasteiger partial charge < -0.3 is 10.1 Å². The smallest absolute Gasteiger partial charge is 0.0619 e. The topological polar surface area (TPSA) is 21.3 Å². The molecule has 0 radical (unpaired) electrons. The molecule has 1 heterocycles. The first-order chi connectivity index (χ1) is 14.4. The van der Waals surface area contributed by atoms with E-state index in [0.717, 1.165) is 13.2 Å². The van der Waals surface area contributed by atoms with Crippen molar-refractivity contribution < 1.29 is 4.74 Å². The maximum absolute atomic E-state index is 5.78. The van der Waals surface area contributed by atoms with Crippen LogP contribution in [0.2, 0.25) is 0 Å². The number of allylic oxidation sites excluding steroid dienone is 1. The van der Waals surface area contributed by atoms with E-state index >= 15 is 0 Å². The van der Waals surface area contributed by atoms with Gasteiger partial charge in [0.05, 0.1) is 6.61 Å². The van der Waals surface area contributed by atoms with E-state index in [4.69, 9.17) is 4.74 Å². The molecule has 0 unspecified atom stereocenters. The van der Waals surface area contributed by atoms with E-state index < -0.39 is 0 Å². The Morgan fingerprint density at radius 2 is 1.55 bits per heavy atom. The molecule has 1 N–H and O–H groups in total. The molecule has 1 saturated heterocycles. The largest absolute Gasteiger partial charge is 0.380 e. The van der Waals surface area contributed by atoms with Crippen molar-refractivity contribution >= 4 is 6.08 Å². The second-order valence-electron chi connectivity index (χ2n) is 8.17. The molecule has 1 aliphatic rings. The van der Waals surface area contributed by atoms with Crippen molar-refractivity contribution in [2.24, 2.45) is 0 Å². The summed E-state index contributed by atoms with van der Waals surface area (Å²) in [5.41, 5.74) is 3.85. The summed E-state index contributed by atoms with van der Waals surface area (Å²) in [6.07, 6.45) is 16.2. The number of benzene rings is 2. The first-order valence-electron chi connectivity index (χ1n) is 11.5. The number of unbranched alkanes of at least 4 members (excludes halogenated alkanes) is 6. The van der Waals surface area contributed by atoms with Crippen LogP contribution in [0.5, 0.6) is 0 Å². The van der Waals surface area contributed by atoms with Crippen molar-refractivity contribution in [2.75, 3.05) is 19.8 Å². The van der Waals surface area contributed by atoms with Gasteiger partial charge in [-0.1, -0.05) is 92.4 Å². The average molecular weight is 392 g/mol. The van der Waals surface area contributed by atoms with Crippen LogP contribution < -0.4 is 5.32 Å². The van der Waals surface area contributed by atoms with Gasteiger partial charge in [-0.15, -0.1) is 0 Å². The van der Waals surface area contributed by atoms with Gasteiger partial charge in [0.15, 0.2) is 0 Å². The molecule has 1 aliphatic heterocycles. The van der Waals surface area contributed by atoms with Crippen LogP contribution in [-0.4, -0.2) is 25.8 Å². The Morgan fingerprint density at radius 1 is 0.828 bits per heavy atom. The predicted octanol–water partition coefficient (Wildman–Crippen LogP) is 6.87. The van der Waals surface area contributed by atoms with Crippen molar-refractivity contribution in [1.29, 1.82) is 0 Å². The van der Waals surface area contributed by atoms with Gasteiger partial charge in [0.2, 0.25) is 0 Å². The Hall–Kier alpha value is -1.90. The van der Waals surface area contributed by atoms with Crippen molar-refractivity contribution in [3.8, 4) is 11.1 Å². The zero-order valence-electron chi connectivity index (χ0n) is 17.8. The summed E-state index contributed by atoms with van der Waals surface area (Å²) < 4.78 is 5.78. The molecule has 156 valence electrons. The van der Waals surface area contributed by atoms with E-state index in [1.165, 1.54) is 81.0 Å². The van der Waals surface area contributed by atoms with Gasteiger partial charge in [0.25, 0.3) is 0 Å². The van der Waals surface area contributed by atoms with Crippen molar-refractivity contribution in [3.05, 3.63) is 66.2 Å². The van der Waals surface area contributed by atoms with Crippen LogP contribution in [0.4, 0.5) is 0 Å². The lowest BCUT2D eigenvalue weighted by molar-refractivity contribution is 0.112. The monoisotopic (exact) mass is 391 g/mol. The molecule has 0 aromatic heterocycles. The fourth-order valence-electron chi connectivity index (χ4n) is 3.93. The highest BCUT2D eigenvalue weighted by Crippen LogP contribution is 2.20. The Bertz CT molecular complexity index is 686. The molecule has 2 heteroatoms. The summed E-state index contributed by atoms with van der Waals surface area (Å²) >= 11 is 0. The number of hydrogen-bond acceptors (Lipinski definition) is 2. The van der Waals surface area contributed by atoms with E-state index in [2.05, 4.69) is 72.1 Å². The van der Waals surface area contributed by atoms with Gasteiger partial charge in [-0.25, -0.2) is 0 Å². The third-order valence-corrected chi connectivity index (χ3v) is 5.72. The molecule has 29 heavy (non-hydrogen) atoms. The number of ether oxygens (including phenoxy) is 1. The maximum Gasteiger partial charge on any atom is 0.0619 e. The number of nitrogens with one attached hydrogen (secondary N) is 1.